The van der Waals surface area contributed by atoms with Crippen LogP contribution >= 0.6 is 0 Å². The zero-order valence-corrected chi connectivity index (χ0v) is 15.7. The Kier molecular flexibility index (Phi) is 5.39. The van der Waals surface area contributed by atoms with Crippen LogP contribution in [0.5, 0.6) is 0 Å². The van der Waals surface area contributed by atoms with Gasteiger partial charge in [0.25, 0.3) is 0 Å². The second-order valence-corrected chi connectivity index (χ2v) is 7.16. The predicted molar refractivity (Wildman–Crippen MR) is 108 cm³/mol. The van der Waals surface area contributed by atoms with E-state index < -0.39 is 0 Å². The largest absolute Gasteiger partial charge is 0.338 e. The van der Waals surface area contributed by atoms with Crippen LogP contribution in [0.3, 0.4) is 0 Å². The molecule has 27 heavy (non-hydrogen) atoms. The summed E-state index contributed by atoms with van der Waals surface area (Å²) in [5.74, 6) is 1.28. The molecule has 2 aromatic heterocycles. The number of likely N-dealkylation sites (tertiary alicyclic amines) is 1. The van der Waals surface area contributed by atoms with Crippen LogP contribution in [-0.2, 0) is 6.54 Å². The molecule has 0 radical (unpaired) electrons. The fraction of sp³-hybridized carbons (Fsp3) is 0.318. The maximum absolute atomic E-state index is 4.69. The zero-order chi connectivity index (χ0) is 18.5. The van der Waals surface area contributed by atoms with E-state index in [1.165, 1.54) is 16.8 Å². The third kappa shape index (κ3) is 4.49. The van der Waals surface area contributed by atoms with Gasteiger partial charge in [-0.05, 0) is 56.1 Å². The van der Waals surface area contributed by atoms with E-state index in [1.54, 1.807) is 18.6 Å². The molecule has 1 aliphatic heterocycles. The molecule has 5 heteroatoms. The first-order valence-corrected chi connectivity index (χ1v) is 9.54. The molecule has 3 heterocycles. The van der Waals surface area contributed by atoms with Gasteiger partial charge in [-0.1, -0.05) is 24.3 Å². The maximum Gasteiger partial charge on any atom is 0.148 e. The van der Waals surface area contributed by atoms with Crippen LogP contribution in [0.25, 0.3) is 0 Å². The summed E-state index contributed by atoms with van der Waals surface area (Å²) in [7, 11) is 0. The molecular weight excluding hydrogens is 334 g/mol. The smallest absolute Gasteiger partial charge is 0.148 e. The number of piperidine rings is 1. The van der Waals surface area contributed by atoms with Crippen molar-refractivity contribution < 1.29 is 0 Å². The van der Waals surface area contributed by atoms with Crippen LogP contribution in [-0.4, -0.2) is 32.9 Å². The number of nitrogens with zero attached hydrogens (tertiary/aromatic N) is 4. The van der Waals surface area contributed by atoms with Crippen LogP contribution in [0.1, 0.15) is 35.6 Å². The van der Waals surface area contributed by atoms with Gasteiger partial charge in [0.1, 0.15) is 5.82 Å². The SMILES string of the molecule is Cc1ccccc1CN1CCC(c2ccc(Nc3cnccn3)cn2)CC1. The van der Waals surface area contributed by atoms with Gasteiger partial charge in [0.05, 0.1) is 18.1 Å². The summed E-state index contributed by atoms with van der Waals surface area (Å²) in [5.41, 5.74) is 4.95. The maximum atomic E-state index is 4.69. The minimum atomic E-state index is 0.545. The second kappa shape index (κ2) is 8.27. The molecule has 3 aromatic rings. The van der Waals surface area contributed by atoms with Crippen molar-refractivity contribution in [2.45, 2.75) is 32.2 Å². The van der Waals surface area contributed by atoms with E-state index in [4.69, 9.17) is 4.98 Å². The number of aryl methyl sites for hydroxylation is 1. The number of pyridine rings is 1. The van der Waals surface area contributed by atoms with Crippen LogP contribution < -0.4 is 5.32 Å². The Hall–Kier alpha value is -2.79. The summed E-state index contributed by atoms with van der Waals surface area (Å²) in [5, 5.41) is 3.23. The van der Waals surface area contributed by atoms with Gasteiger partial charge in [-0.3, -0.25) is 14.9 Å². The minimum absolute atomic E-state index is 0.545. The number of benzene rings is 1. The first-order valence-electron chi connectivity index (χ1n) is 9.54. The van der Waals surface area contributed by atoms with Crippen LogP contribution in [0.15, 0.2) is 61.2 Å². The molecular formula is C22H25N5. The number of hydrogen-bond donors (Lipinski definition) is 1. The number of nitrogens with one attached hydrogen (secondary N) is 1. The Morgan fingerprint density at radius 1 is 1.00 bits per heavy atom. The Morgan fingerprint density at radius 2 is 1.85 bits per heavy atom. The van der Waals surface area contributed by atoms with E-state index in [9.17, 15) is 0 Å². The summed E-state index contributed by atoms with van der Waals surface area (Å²) < 4.78 is 0. The third-order valence-corrected chi connectivity index (χ3v) is 5.28. The second-order valence-electron chi connectivity index (χ2n) is 7.16. The highest BCUT2D eigenvalue weighted by Gasteiger charge is 2.21. The van der Waals surface area contributed by atoms with Gasteiger partial charge in [0.2, 0.25) is 0 Å². The highest BCUT2D eigenvalue weighted by Crippen LogP contribution is 2.28. The van der Waals surface area contributed by atoms with Crippen LogP contribution in [0, 0.1) is 6.92 Å². The summed E-state index contributed by atoms with van der Waals surface area (Å²) in [6.07, 6.45) is 9.26. The average Bonchev–Trinajstić information content (AvgIpc) is 2.72. The van der Waals surface area contributed by atoms with E-state index >= 15 is 0 Å². The highest BCUT2D eigenvalue weighted by atomic mass is 15.1. The van der Waals surface area contributed by atoms with Crippen molar-refractivity contribution in [3.8, 4) is 0 Å². The van der Waals surface area contributed by atoms with Crippen molar-refractivity contribution in [1.82, 2.24) is 19.9 Å². The van der Waals surface area contributed by atoms with Gasteiger partial charge in [-0.15, -0.1) is 0 Å². The monoisotopic (exact) mass is 359 g/mol. The van der Waals surface area contributed by atoms with Crippen molar-refractivity contribution in [3.63, 3.8) is 0 Å². The standard InChI is InChI=1S/C22H25N5/c1-17-4-2-3-5-19(17)16-27-12-8-18(9-13-27)21-7-6-20(14-25-21)26-22-15-23-10-11-24-22/h2-7,10-11,14-15,18H,8-9,12-13,16H2,1H3,(H,24,26). The van der Waals surface area contributed by atoms with E-state index in [-0.39, 0.29) is 0 Å². The van der Waals surface area contributed by atoms with Crippen molar-refractivity contribution in [3.05, 3.63) is 78.0 Å². The van der Waals surface area contributed by atoms with Gasteiger partial charge < -0.3 is 5.32 Å². The average molecular weight is 359 g/mol. The van der Waals surface area contributed by atoms with Gasteiger partial charge in [0, 0.05) is 30.6 Å². The topological polar surface area (TPSA) is 53.9 Å². The molecule has 1 aliphatic rings. The fourth-order valence-electron chi connectivity index (χ4n) is 3.65. The van der Waals surface area contributed by atoms with E-state index in [1.807, 2.05) is 6.20 Å². The number of rotatable bonds is 5. The van der Waals surface area contributed by atoms with Crippen LogP contribution in [0.2, 0.25) is 0 Å². The zero-order valence-electron chi connectivity index (χ0n) is 15.7. The molecule has 0 atom stereocenters. The Bertz CT molecular complexity index is 855. The molecule has 0 bridgehead atoms. The summed E-state index contributed by atoms with van der Waals surface area (Å²) in [4.78, 5) is 15.5. The minimum Gasteiger partial charge on any atom is -0.338 e. The highest BCUT2D eigenvalue weighted by molar-refractivity contribution is 5.53. The molecule has 1 fully saturated rings. The Balaban J connectivity index is 1.32. The number of aromatic nitrogens is 3. The Labute approximate surface area is 160 Å². The van der Waals surface area contributed by atoms with Gasteiger partial charge in [-0.2, -0.15) is 0 Å². The third-order valence-electron chi connectivity index (χ3n) is 5.28. The normalized spacial score (nSPS) is 15.6. The molecule has 1 N–H and O–H groups in total. The van der Waals surface area contributed by atoms with Crippen molar-refractivity contribution in [2.75, 3.05) is 18.4 Å². The van der Waals surface area contributed by atoms with Crippen molar-refractivity contribution in [1.29, 1.82) is 0 Å². The quantitative estimate of drug-likeness (QED) is 0.736. The van der Waals surface area contributed by atoms with Crippen molar-refractivity contribution in [2.24, 2.45) is 0 Å². The van der Waals surface area contributed by atoms with Gasteiger partial charge in [-0.25, -0.2) is 4.98 Å². The Morgan fingerprint density at radius 3 is 2.56 bits per heavy atom. The predicted octanol–water partition coefficient (Wildman–Crippen LogP) is 4.30. The number of hydrogen-bond acceptors (Lipinski definition) is 5. The van der Waals surface area contributed by atoms with E-state index in [0.717, 1.165) is 44.0 Å². The lowest BCUT2D eigenvalue weighted by atomic mass is 9.92. The lowest BCUT2D eigenvalue weighted by Gasteiger charge is -2.32. The van der Waals surface area contributed by atoms with Gasteiger partial charge in [0.15, 0.2) is 0 Å². The van der Waals surface area contributed by atoms with Crippen LogP contribution in [0.4, 0.5) is 11.5 Å². The molecule has 0 unspecified atom stereocenters. The lowest BCUT2D eigenvalue weighted by molar-refractivity contribution is 0.203. The summed E-state index contributed by atoms with van der Waals surface area (Å²) in [6, 6.07) is 12.9. The van der Waals surface area contributed by atoms with Crippen molar-refractivity contribution >= 4 is 11.5 Å². The van der Waals surface area contributed by atoms with E-state index in [2.05, 4.69) is 63.5 Å². The number of anilines is 2. The summed E-state index contributed by atoms with van der Waals surface area (Å²) >= 11 is 0. The molecule has 5 nitrogen and oxygen atoms in total. The molecule has 0 amide bonds. The molecule has 1 aromatic carbocycles. The molecule has 138 valence electrons. The molecule has 1 saturated heterocycles. The lowest BCUT2D eigenvalue weighted by Crippen LogP contribution is -2.32. The first-order chi connectivity index (χ1) is 13.3. The molecule has 0 spiro atoms. The first kappa shape index (κ1) is 17.6. The summed E-state index contributed by atoms with van der Waals surface area (Å²) in [6.45, 7) is 5.50. The fourth-order valence-corrected chi connectivity index (χ4v) is 3.65. The van der Waals surface area contributed by atoms with Gasteiger partial charge >= 0.3 is 0 Å². The molecule has 0 aliphatic carbocycles. The molecule has 0 saturated carbocycles. The van der Waals surface area contributed by atoms with E-state index in [0.29, 0.717) is 5.92 Å². The molecule has 4 rings (SSSR count).